The summed E-state index contributed by atoms with van der Waals surface area (Å²) in [6.07, 6.45) is 3.10. The molecule has 1 N–H and O–H groups in total. The summed E-state index contributed by atoms with van der Waals surface area (Å²) >= 11 is 1.06. The van der Waals surface area contributed by atoms with Crippen molar-refractivity contribution in [1.82, 2.24) is 10.2 Å². The minimum atomic E-state index is -0.430. The van der Waals surface area contributed by atoms with Gasteiger partial charge in [0, 0.05) is 43.2 Å². The Balaban J connectivity index is 1.96. The molecule has 0 aliphatic carbocycles. The van der Waals surface area contributed by atoms with Crippen molar-refractivity contribution in [2.75, 3.05) is 26.2 Å². The number of nitrogens with zero attached hydrogens (tertiary/aromatic N) is 2. The predicted octanol–water partition coefficient (Wildman–Crippen LogP) is 1.10. The van der Waals surface area contributed by atoms with E-state index in [4.69, 9.17) is 0 Å². The summed E-state index contributed by atoms with van der Waals surface area (Å²) in [6.45, 7) is 3.02. The third-order valence-corrected chi connectivity index (χ3v) is 3.61. The zero-order chi connectivity index (χ0) is 13.0. The van der Waals surface area contributed by atoms with Crippen LogP contribution < -0.4 is 5.32 Å². The van der Waals surface area contributed by atoms with Crippen molar-refractivity contribution < 1.29 is 9.72 Å². The normalized spacial score (nSPS) is 16.1. The Labute approximate surface area is 108 Å². The molecule has 1 aliphatic rings. The van der Waals surface area contributed by atoms with Crippen LogP contribution in [0.5, 0.6) is 0 Å². The van der Waals surface area contributed by atoms with Crippen molar-refractivity contribution in [2.45, 2.75) is 0 Å². The number of rotatable bonds is 3. The van der Waals surface area contributed by atoms with E-state index in [2.05, 4.69) is 5.32 Å². The highest BCUT2D eigenvalue weighted by Crippen LogP contribution is 2.24. The average molecular weight is 267 g/mol. The van der Waals surface area contributed by atoms with E-state index in [0.717, 1.165) is 24.4 Å². The first-order chi connectivity index (χ1) is 8.66. The third kappa shape index (κ3) is 3.14. The Morgan fingerprint density at radius 1 is 1.44 bits per heavy atom. The van der Waals surface area contributed by atoms with Gasteiger partial charge >= 0.3 is 5.00 Å². The molecule has 0 bridgehead atoms. The second-order valence-corrected chi connectivity index (χ2v) is 4.94. The molecule has 0 unspecified atom stereocenters. The summed E-state index contributed by atoms with van der Waals surface area (Å²) in [5.41, 5.74) is 0. The Morgan fingerprint density at radius 2 is 2.17 bits per heavy atom. The van der Waals surface area contributed by atoms with Crippen LogP contribution in [-0.4, -0.2) is 41.9 Å². The second-order valence-electron chi connectivity index (χ2n) is 3.84. The van der Waals surface area contributed by atoms with Gasteiger partial charge in [0.25, 0.3) is 0 Å². The molecule has 1 saturated heterocycles. The predicted molar refractivity (Wildman–Crippen MR) is 69.5 cm³/mol. The molecule has 1 aliphatic heterocycles. The van der Waals surface area contributed by atoms with Gasteiger partial charge in [-0.3, -0.25) is 14.9 Å². The second kappa shape index (κ2) is 5.74. The smallest absolute Gasteiger partial charge is 0.324 e. The van der Waals surface area contributed by atoms with Gasteiger partial charge in [0.05, 0.1) is 4.92 Å². The molecule has 0 saturated carbocycles. The van der Waals surface area contributed by atoms with Crippen LogP contribution in [0.15, 0.2) is 18.2 Å². The van der Waals surface area contributed by atoms with Crippen LogP contribution in [0.3, 0.4) is 0 Å². The maximum atomic E-state index is 11.8. The number of hydrogen-bond acceptors (Lipinski definition) is 5. The molecule has 96 valence electrons. The summed E-state index contributed by atoms with van der Waals surface area (Å²) in [6, 6.07) is 3.09. The van der Waals surface area contributed by atoms with Crippen molar-refractivity contribution in [1.29, 1.82) is 0 Å². The Hall–Kier alpha value is -1.73. The standard InChI is InChI=1S/C11H13N3O3S/c15-10(13-7-5-12-6-8-13)3-1-9-2-4-11(18-9)14(16)17/h1-4,12H,5-8H2/b3-1+. The van der Waals surface area contributed by atoms with Crippen LogP contribution in [0.4, 0.5) is 5.00 Å². The molecule has 1 fully saturated rings. The van der Waals surface area contributed by atoms with E-state index in [1.54, 1.807) is 17.0 Å². The molecule has 0 spiro atoms. The third-order valence-electron chi connectivity index (χ3n) is 2.61. The largest absolute Gasteiger partial charge is 0.337 e. The Kier molecular flexibility index (Phi) is 4.06. The van der Waals surface area contributed by atoms with Crippen LogP contribution >= 0.6 is 11.3 Å². The van der Waals surface area contributed by atoms with E-state index in [-0.39, 0.29) is 10.9 Å². The first-order valence-corrected chi connectivity index (χ1v) is 6.40. The first-order valence-electron chi connectivity index (χ1n) is 5.59. The number of amides is 1. The summed E-state index contributed by atoms with van der Waals surface area (Å²) in [5.74, 6) is -0.0486. The van der Waals surface area contributed by atoms with E-state index in [1.165, 1.54) is 12.1 Å². The van der Waals surface area contributed by atoms with E-state index in [1.807, 2.05) is 0 Å². The number of thiophene rings is 1. The zero-order valence-corrected chi connectivity index (χ0v) is 10.5. The molecular formula is C11H13N3O3S. The number of piperazine rings is 1. The Bertz CT molecular complexity index is 478. The maximum absolute atomic E-state index is 11.8. The number of nitrogens with one attached hydrogen (secondary N) is 1. The van der Waals surface area contributed by atoms with E-state index in [9.17, 15) is 14.9 Å². The lowest BCUT2D eigenvalue weighted by Gasteiger charge is -2.26. The Morgan fingerprint density at radius 3 is 2.78 bits per heavy atom. The van der Waals surface area contributed by atoms with Gasteiger partial charge in [-0.1, -0.05) is 11.3 Å². The van der Waals surface area contributed by atoms with Crippen LogP contribution in [-0.2, 0) is 4.79 Å². The molecule has 1 amide bonds. The SMILES string of the molecule is O=C(/C=C/c1ccc([N+](=O)[O-])s1)N1CCNCC1. The van der Waals surface area contributed by atoms with Gasteiger partial charge in [0.1, 0.15) is 0 Å². The lowest BCUT2D eigenvalue weighted by atomic mass is 10.3. The first kappa shape index (κ1) is 12.7. The van der Waals surface area contributed by atoms with Gasteiger partial charge in [-0.25, -0.2) is 0 Å². The molecule has 18 heavy (non-hydrogen) atoms. The summed E-state index contributed by atoms with van der Waals surface area (Å²) in [4.78, 5) is 24.3. The molecule has 1 aromatic heterocycles. The highest BCUT2D eigenvalue weighted by molar-refractivity contribution is 7.16. The van der Waals surface area contributed by atoms with Crippen molar-refractivity contribution in [3.63, 3.8) is 0 Å². The summed E-state index contributed by atoms with van der Waals surface area (Å²) in [5, 5.41) is 13.8. The van der Waals surface area contributed by atoms with Crippen LogP contribution in [0.1, 0.15) is 4.88 Å². The van der Waals surface area contributed by atoms with E-state index >= 15 is 0 Å². The molecule has 0 aromatic carbocycles. The fourth-order valence-corrected chi connectivity index (χ4v) is 2.40. The van der Waals surface area contributed by atoms with Crippen molar-refractivity contribution in [2.24, 2.45) is 0 Å². The summed E-state index contributed by atoms with van der Waals surface area (Å²) < 4.78 is 0. The van der Waals surface area contributed by atoms with E-state index < -0.39 is 4.92 Å². The molecule has 2 rings (SSSR count). The van der Waals surface area contributed by atoms with Gasteiger partial charge in [-0.05, 0) is 12.1 Å². The molecular weight excluding hydrogens is 254 g/mol. The molecule has 6 nitrogen and oxygen atoms in total. The van der Waals surface area contributed by atoms with Gasteiger partial charge in [0.2, 0.25) is 5.91 Å². The zero-order valence-electron chi connectivity index (χ0n) is 9.67. The number of hydrogen-bond donors (Lipinski definition) is 1. The van der Waals surface area contributed by atoms with Gasteiger partial charge in [0.15, 0.2) is 0 Å². The molecule has 0 radical (unpaired) electrons. The quantitative estimate of drug-likeness (QED) is 0.505. The van der Waals surface area contributed by atoms with Crippen molar-refractivity contribution in [3.8, 4) is 0 Å². The molecule has 2 heterocycles. The highest BCUT2D eigenvalue weighted by Gasteiger charge is 2.13. The lowest BCUT2D eigenvalue weighted by Crippen LogP contribution is -2.45. The number of nitro groups is 1. The molecule has 7 heteroatoms. The average Bonchev–Trinajstić information content (AvgIpc) is 2.86. The highest BCUT2D eigenvalue weighted by atomic mass is 32.1. The lowest BCUT2D eigenvalue weighted by molar-refractivity contribution is -0.380. The van der Waals surface area contributed by atoms with Crippen molar-refractivity contribution in [3.05, 3.63) is 33.2 Å². The van der Waals surface area contributed by atoms with Gasteiger partial charge < -0.3 is 10.2 Å². The molecule has 1 aromatic rings. The van der Waals surface area contributed by atoms with Crippen LogP contribution in [0, 0.1) is 10.1 Å². The number of carbonyl (C=O) groups is 1. The minimum absolute atomic E-state index is 0.0486. The number of carbonyl (C=O) groups excluding carboxylic acids is 1. The monoisotopic (exact) mass is 267 g/mol. The fourth-order valence-electron chi connectivity index (χ4n) is 1.67. The summed E-state index contributed by atoms with van der Waals surface area (Å²) in [7, 11) is 0. The van der Waals surface area contributed by atoms with Crippen molar-refractivity contribution >= 4 is 28.3 Å². The van der Waals surface area contributed by atoms with Crippen LogP contribution in [0.25, 0.3) is 6.08 Å². The minimum Gasteiger partial charge on any atom is -0.337 e. The van der Waals surface area contributed by atoms with E-state index in [0.29, 0.717) is 18.0 Å². The fraction of sp³-hybridized carbons (Fsp3) is 0.364. The van der Waals surface area contributed by atoms with Crippen LogP contribution in [0.2, 0.25) is 0 Å². The maximum Gasteiger partial charge on any atom is 0.324 e. The van der Waals surface area contributed by atoms with Gasteiger partial charge in [-0.15, -0.1) is 0 Å². The topological polar surface area (TPSA) is 75.5 Å². The van der Waals surface area contributed by atoms with Gasteiger partial charge in [-0.2, -0.15) is 0 Å². The molecule has 0 atom stereocenters.